The van der Waals surface area contributed by atoms with Crippen LogP contribution >= 0.6 is 11.8 Å². The van der Waals surface area contributed by atoms with Crippen molar-refractivity contribution < 1.29 is 9.53 Å². The lowest BCUT2D eigenvalue weighted by atomic mass is 10.2. The van der Waals surface area contributed by atoms with Gasteiger partial charge in [0.1, 0.15) is 11.9 Å². The number of carbonyl (C=O) groups is 1. The highest BCUT2D eigenvalue weighted by molar-refractivity contribution is 7.99. The molecule has 1 aliphatic rings. The van der Waals surface area contributed by atoms with Gasteiger partial charge in [-0.25, -0.2) is 4.98 Å². The third-order valence-corrected chi connectivity index (χ3v) is 3.39. The fraction of sp³-hybridized carbons (Fsp3) is 0.727. The summed E-state index contributed by atoms with van der Waals surface area (Å²) in [6, 6.07) is 0. The van der Waals surface area contributed by atoms with E-state index < -0.39 is 0 Å². The average molecular weight is 270 g/mol. The molecule has 1 aromatic rings. The first-order valence-electron chi connectivity index (χ1n) is 6.04. The first kappa shape index (κ1) is 13.4. The van der Waals surface area contributed by atoms with Crippen LogP contribution in [0.5, 0.6) is 0 Å². The van der Waals surface area contributed by atoms with Crippen molar-refractivity contribution in [3.63, 3.8) is 0 Å². The predicted molar refractivity (Wildman–Crippen MR) is 69.4 cm³/mol. The highest BCUT2D eigenvalue weighted by Gasteiger charge is 2.27. The highest BCUT2D eigenvalue weighted by Crippen LogP contribution is 2.19. The van der Waals surface area contributed by atoms with E-state index in [1.807, 2.05) is 18.1 Å². The number of morpholine rings is 1. The Bertz CT molecular complexity index is 410. The first-order valence-corrected chi connectivity index (χ1v) is 7.43. The molecule has 1 aromatic heterocycles. The zero-order valence-corrected chi connectivity index (χ0v) is 11.5. The topological polar surface area (TPSA) is 71.1 Å². The molecule has 1 amide bonds. The molecule has 1 N–H and O–H groups in total. The van der Waals surface area contributed by atoms with Crippen LogP contribution < -0.4 is 0 Å². The van der Waals surface area contributed by atoms with Gasteiger partial charge in [-0.2, -0.15) is 16.9 Å². The monoisotopic (exact) mass is 270 g/mol. The van der Waals surface area contributed by atoms with Crippen LogP contribution in [0, 0.1) is 0 Å². The van der Waals surface area contributed by atoms with Gasteiger partial charge in [-0.3, -0.25) is 9.89 Å². The normalized spacial score (nSPS) is 20.1. The molecule has 0 aromatic carbocycles. The molecule has 1 aliphatic heterocycles. The summed E-state index contributed by atoms with van der Waals surface area (Å²) in [7, 11) is 0. The molecular formula is C11H18N4O2S. The molecule has 0 saturated carbocycles. The third kappa shape index (κ3) is 3.02. The molecule has 2 heterocycles. The Morgan fingerprint density at radius 1 is 1.67 bits per heavy atom. The summed E-state index contributed by atoms with van der Waals surface area (Å²) in [6.45, 7) is 3.75. The molecule has 1 atom stereocenters. The van der Waals surface area contributed by atoms with Gasteiger partial charge in [0.15, 0.2) is 5.82 Å². The molecule has 2 rings (SSSR count). The number of ether oxygens (including phenoxy) is 1. The van der Waals surface area contributed by atoms with Gasteiger partial charge < -0.3 is 9.64 Å². The summed E-state index contributed by atoms with van der Waals surface area (Å²) in [5.41, 5.74) is 0. The largest absolute Gasteiger partial charge is 0.366 e. The van der Waals surface area contributed by atoms with Crippen molar-refractivity contribution in [2.24, 2.45) is 0 Å². The summed E-state index contributed by atoms with van der Waals surface area (Å²) in [5, 5.41) is 7.02. The van der Waals surface area contributed by atoms with Gasteiger partial charge in [-0.05, 0) is 6.26 Å². The van der Waals surface area contributed by atoms with Gasteiger partial charge in [0.2, 0.25) is 5.91 Å². The summed E-state index contributed by atoms with van der Waals surface area (Å²) in [5.74, 6) is 2.16. The zero-order chi connectivity index (χ0) is 13.0. The van der Waals surface area contributed by atoms with E-state index in [0.29, 0.717) is 31.3 Å². The maximum Gasteiger partial charge on any atom is 0.232 e. The van der Waals surface area contributed by atoms with E-state index in [9.17, 15) is 4.79 Å². The van der Waals surface area contributed by atoms with Crippen LogP contribution in [0.4, 0.5) is 0 Å². The van der Waals surface area contributed by atoms with E-state index in [2.05, 4.69) is 15.2 Å². The van der Waals surface area contributed by atoms with E-state index in [0.717, 1.165) is 12.2 Å². The number of aromatic amines is 1. The molecular weight excluding hydrogens is 252 g/mol. The molecule has 6 nitrogen and oxygen atoms in total. The summed E-state index contributed by atoms with van der Waals surface area (Å²) in [6.07, 6.45) is 2.54. The number of nitrogens with one attached hydrogen (secondary N) is 1. The lowest BCUT2D eigenvalue weighted by Crippen LogP contribution is -2.43. The van der Waals surface area contributed by atoms with Gasteiger partial charge in [0.05, 0.1) is 18.9 Å². The Morgan fingerprint density at radius 3 is 3.17 bits per heavy atom. The summed E-state index contributed by atoms with van der Waals surface area (Å²) >= 11 is 1.54. The van der Waals surface area contributed by atoms with Crippen molar-refractivity contribution in [3.05, 3.63) is 11.6 Å². The highest BCUT2D eigenvalue weighted by atomic mass is 32.2. The molecule has 1 unspecified atom stereocenters. The van der Waals surface area contributed by atoms with Crippen LogP contribution in [0.1, 0.15) is 24.7 Å². The molecule has 0 spiro atoms. The van der Waals surface area contributed by atoms with Crippen LogP contribution in [0.15, 0.2) is 0 Å². The van der Waals surface area contributed by atoms with E-state index in [1.165, 1.54) is 11.8 Å². The number of aromatic nitrogens is 3. The third-order valence-electron chi connectivity index (χ3n) is 2.86. The smallest absolute Gasteiger partial charge is 0.232 e. The first-order chi connectivity index (χ1) is 8.74. The molecule has 0 bridgehead atoms. The van der Waals surface area contributed by atoms with Gasteiger partial charge in [0.25, 0.3) is 0 Å². The Hall–Kier alpha value is -1.08. The number of nitrogens with zero attached hydrogens (tertiary/aromatic N) is 3. The summed E-state index contributed by atoms with van der Waals surface area (Å²) < 4.78 is 5.63. The van der Waals surface area contributed by atoms with E-state index >= 15 is 0 Å². The zero-order valence-electron chi connectivity index (χ0n) is 10.7. The van der Waals surface area contributed by atoms with Gasteiger partial charge in [0, 0.05) is 13.0 Å². The standard InChI is InChI=1S/C11H18N4O2S/c1-3-9-12-11(14-13-9)8-6-15(4-5-17-8)10(16)7-18-2/h8H,3-7H2,1-2H3,(H,12,13,14). The second kappa shape index (κ2) is 6.19. The Morgan fingerprint density at radius 2 is 2.50 bits per heavy atom. The van der Waals surface area contributed by atoms with Crippen LogP contribution in [0.2, 0.25) is 0 Å². The van der Waals surface area contributed by atoms with Crippen molar-refractivity contribution in [3.8, 4) is 0 Å². The minimum absolute atomic E-state index is 0.155. The number of aryl methyl sites for hydroxylation is 1. The van der Waals surface area contributed by atoms with Crippen molar-refractivity contribution in [2.75, 3.05) is 31.7 Å². The number of hydrogen-bond acceptors (Lipinski definition) is 5. The molecule has 0 aliphatic carbocycles. The van der Waals surface area contributed by atoms with E-state index in [4.69, 9.17) is 4.74 Å². The lowest BCUT2D eigenvalue weighted by molar-refractivity contribution is -0.136. The molecule has 0 radical (unpaired) electrons. The van der Waals surface area contributed by atoms with Gasteiger partial charge >= 0.3 is 0 Å². The molecule has 1 saturated heterocycles. The van der Waals surface area contributed by atoms with E-state index in [-0.39, 0.29) is 12.0 Å². The quantitative estimate of drug-likeness (QED) is 0.869. The van der Waals surface area contributed by atoms with Crippen LogP contribution in [-0.4, -0.2) is 57.7 Å². The lowest BCUT2D eigenvalue weighted by Gasteiger charge is -2.31. The van der Waals surface area contributed by atoms with Crippen molar-refractivity contribution in [1.29, 1.82) is 0 Å². The predicted octanol–water partition coefficient (Wildman–Crippen LogP) is 0.630. The molecule has 18 heavy (non-hydrogen) atoms. The SMILES string of the molecule is CCc1nc(C2CN(C(=O)CSC)CCO2)n[nH]1. The van der Waals surface area contributed by atoms with Crippen LogP contribution in [0.25, 0.3) is 0 Å². The fourth-order valence-electron chi connectivity index (χ4n) is 1.86. The van der Waals surface area contributed by atoms with Crippen LogP contribution in [-0.2, 0) is 16.0 Å². The Labute approximate surface area is 110 Å². The number of thioether (sulfide) groups is 1. The minimum Gasteiger partial charge on any atom is -0.366 e. The molecule has 1 fully saturated rings. The number of rotatable bonds is 4. The van der Waals surface area contributed by atoms with Gasteiger partial charge in [-0.15, -0.1) is 0 Å². The Kier molecular flexibility index (Phi) is 4.60. The number of carbonyl (C=O) groups excluding carboxylic acids is 1. The minimum atomic E-state index is -0.207. The second-order valence-corrected chi connectivity index (χ2v) is 4.99. The van der Waals surface area contributed by atoms with E-state index in [1.54, 1.807) is 0 Å². The van der Waals surface area contributed by atoms with Gasteiger partial charge in [-0.1, -0.05) is 6.92 Å². The number of H-pyrrole nitrogens is 1. The molecule has 100 valence electrons. The van der Waals surface area contributed by atoms with Crippen molar-refractivity contribution in [1.82, 2.24) is 20.1 Å². The maximum atomic E-state index is 11.8. The van der Waals surface area contributed by atoms with Crippen molar-refractivity contribution >= 4 is 17.7 Å². The Balaban J connectivity index is 1.99. The molecule has 7 heteroatoms. The average Bonchev–Trinajstić information content (AvgIpc) is 2.88. The fourth-order valence-corrected chi connectivity index (χ4v) is 2.29. The number of hydrogen-bond donors (Lipinski definition) is 1. The van der Waals surface area contributed by atoms with Crippen LogP contribution in [0.3, 0.4) is 0 Å². The number of amides is 1. The summed E-state index contributed by atoms with van der Waals surface area (Å²) in [4.78, 5) is 18.0. The van der Waals surface area contributed by atoms with Crippen molar-refractivity contribution in [2.45, 2.75) is 19.4 Å². The maximum absolute atomic E-state index is 11.8. The second-order valence-electron chi connectivity index (χ2n) is 4.13.